The number of anilines is 5. The largest absolute Gasteiger partial charge is 0.497 e. The van der Waals surface area contributed by atoms with E-state index in [4.69, 9.17) is 14.2 Å². The van der Waals surface area contributed by atoms with Crippen molar-refractivity contribution < 1.29 is 14.2 Å². The van der Waals surface area contributed by atoms with E-state index in [-0.39, 0.29) is 0 Å². The Kier molecular flexibility index (Phi) is 6.09. The number of aromatic nitrogens is 3. The molecule has 9 heteroatoms. The lowest BCUT2D eigenvalue weighted by molar-refractivity contribution is 0.122. The van der Waals surface area contributed by atoms with E-state index in [0.29, 0.717) is 31.1 Å². The van der Waals surface area contributed by atoms with Crippen molar-refractivity contribution in [3.05, 3.63) is 48.5 Å². The zero-order valence-corrected chi connectivity index (χ0v) is 17.0. The quantitative estimate of drug-likeness (QED) is 0.611. The lowest BCUT2D eigenvalue weighted by Gasteiger charge is -2.27. The SMILES string of the molecule is COc1ccc(Nc2nc(Nc3ccc(OC)cc3)nc(N3CCOCC3)n2)cc1. The van der Waals surface area contributed by atoms with Gasteiger partial charge >= 0.3 is 0 Å². The number of benzene rings is 2. The zero-order chi connectivity index (χ0) is 20.8. The number of morpholine rings is 1. The van der Waals surface area contributed by atoms with Crippen LogP contribution >= 0.6 is 0 Å². The van der Waals surface area contributed by atoms with E-state index in [0.717, 1.165) is 36.0 Å². The number of hydrogen-bond acceptors (Lipinski definition) is 9. The Bertz CT molecular complexity index is 892. The summed E-state index contributed by atoms with van der Waals surface area (Å²) in [7, 11) is 3.28. The van der Waals surface area contributed by atoms with Crippen LogP contribution in [0.15, 0.2) is 48.5 Å². The number of nitrogens with zero attached hydrogens (tertiary/aromatic N) is 4. The zero-order valence-electron chi connectivity index (χ0n) is 17.0. The maximum atomic E-state index is 5.45. The molecule has 0 saturated carbocycles. The molecule has 1 saturated heterocycles. The van der Waals surface area contributed by atoms with Crippen molar-refractivity contribution in [1.29, 1.82) is 0 Å². The Hall–Kier alpha value is -3.59. The molecule has 0 atom stereocenters. The second-order valence-corrected chi connectivity index (χ2v) is 6.59. The third-order valence-electron chi connectivity index (χ3n) is 4.61. The van der Waals surface area contributed by atoms with Crippen molar-refractivity contribution in [2.75, 3.05) is 56.1 Å². The Balaban J connectivity index is 1.60. The van der Waals surface area contributed by atoms with Crippen molar-refractivity contribution in [1.82, 2.24) is 15.0 Å². The highest BCUT2D eigenvalue weighted by molar-refractivity contribution is 5.60. The normalized spacial score (nSPS) is 13.6. The molecule has 0 radical (unpaired) electrons. The number of methoxy groups -OCH3 is 2. The van der Waals surface area contributed by atoms with Crippen molar-refractivity contribution in [2.45, 2.75) is 0 Å². The minimum absolute atomic E-state index is 0.452. The van der Waals surface area contributed by atoms with E-state index in [1.165, 1.54) is 0 Å². The summed E-state index contributed by atoms with van der Waals surface area (Å²) in [6.45, 7) is 2.75. The van der Waals surface area contributed by atoms with Crippen LogP contribution in [0.1, 0.15) is 0 Å². The lowest BCUT2D eigenvalue weighted by atomic mass is 10.3. The second-order valence-electron chi connectivity index (χ2n) is 6.59. The molecule has 30 heavy (non-hydrogen) atoms. The van der Waals surface area contributed by atoms with Gasteiger partial charge in [0, 0.05) is 24.5 Å². The van der Waals surface area contributed by atoms with Gasteiger partial charge < -0.3 is 29.7 Å². The Morgan fingerprint density at radius 3 is 1.63 bits per heavy atom. The van der Waals surface area contributed by atoms with Gasteiger partial charge in [-0.25, -0.2) is 0 Å². The van der Waals surface area contributed by atoms with E-state index < -0.39 is 0 Å². The van der Waals surface area contributed by atoms with Crippen LogP contribution in [-0.4, -0.2) is 55.5 Å². The summed E-state index contributed by atoms with van der Waals surface area (Å²) >= 11 is 0. The first-order valence-electron chi connectivity index (χ1n) is 9.64. The lowest BCUT2D eigenvalue weighted by Crippen LogP contribution is -2.37. The molecule has 0 spiro atoms. The first kappa shape index (κ1) is 19.7. The number of ether oxygens (including phenoxy) is 3. The summed E-state index contributed by atoms with van der Waals surface area (Å²) < 4.78 is 15.9. The van der Waals surface area contributed by atoms with Gasteiger partial charge in [0.25, 0.3) is 0 Å². The Labute approximate surface area is 175 Å². The molecular formula is C21H24N6O3. The fourth-order valence-corrected chi connectivity index (χ4v) is 2.99. The molecule has 0 bridgehead atoms. The average molecular weight is 408 g/mol. The fraction of sp³-hybridized carbons (Fsp3) is 0.286. The van der Waals surface area contributed by atoms with Crippen LogP contribution in [0.3, 0.4) is 0 Å². The van der Waals surface area contributed by atoms with Gasteiger partial charge in [-0.15, -0.1) is 0 Å². The smallest absolute Gasteiger partial charge is 0.233 e. The van der Waals surface area contributed by atoms with Crippen LogP contribution in [0.5, 0.6) is 11.5 Å². The average Bonchev–Trinajstić information content (AvgIpc) is 2.80. The van der Waals surface area contributed by atoms with Gasteiger partial charge in [-0.1, -0.05) is 0 Å². The molecular weight excluding hydrogens is 384 g/mol. The molecule has 1 aromatic heterocycles. The first-order chi connectivity index (χ1) is 14.7. The Morgan fingerprint density at radius 2 is 1.20 bits per heavy atom. The van der Waals surface area contributed by atoms with E-state index in [1.54, 1.807) is 14.2 Å². The predicted molar refractivity (Wildman–Crippen MR) is 115 cm³/mol. The third-order valence-corrected chi connectivity index (χ3v) is 4.61. The third kappa shape index (κ3) is 4.87. The topological polar surface area (TPSA) is 93.7 Å². The highest BCUT2D eigenvalue weighted by Gasteiger charge is 2.17. The van der Waals surface area contributed by atoms with Gasteiger partial charge in [0.15, 0.2) is 0 Å². The summed E-state index contributed by atoms with van der Waals surface area (Å²) in [6.07, 6.45) is 0. The van der Waals surface area contributed by atoms with Gasteiger partial charge in [-0.05, 0) is 48.5 Å². The molecule has 1 aliphatic heterocycles. The van der Waals surface area contributed by atoms with Crippen molar-refractivity contribution >= 4 is 29.2 Å². The Morgan fingerprint density at radius 1 is 0.733 bits per heavy atom. The van der Waals surface area contributed by atoms with Crippen LogP contribution in [0, 0.1) is 0 Å². The van der Waals surface area contributed by atoms with Gasteiger partial charge in [-0.3, -0.25) is 0 Å². The summed E-state index contributed by atoms with van der Waals surface area (Å²) in [5, 5.41) is 6.49. The molecule has 2 heterocycles. The van der Waals surface area contributed by atoms with E-state index in [2.05, 4.69) is 30.5 Å². The van der Waals surface area contributed by atoms with Gasteiger partial charge in [0.05, 0.1) is 27.4 Å². The predicted octanol–water partition coefficient (Wildman–Crippen LogP) is 3.21. The first-order valence-corrected chi connectivity index (χ1v) is 9.64. The number of nitrogens with one attached hydrogen (secondary N) is 2. The van der Waals surface area contributed by atoms with E-state index >= 15 is 0 Å². The minimum atomic E-state index is 0.452. The second kappa shape index (κ2) is 9.27. The van der Waals surface area contributed by atoms with Gasteiger partial charge in [0.2, 0.25) is 17.8 Å². The van der Waals surface area contributed by atoms with Crippen LogP contribution in [0.4, 0.5) is 29.2 Å². The van der Waals surface area contributed by atoms with Crippen LogP contribution < -0.4 is 25.0 Å². The van der Waals surface area contributed by atoms with Crippen molar-refractivity contribution in [3.8, 4) is 11.5 Å². The van der Waals surface area contributed by atoms with Crippen molar-refractivity contribution in [2.24, 2.45) is 0 Å². The summed E-state index contributed by atoms with van der Waals surface area (Å²) in [5.41, 5.74) is 1.70. The van der Waals surface area contributed by atoms with E-state index in [1.807, 2.05) is 48.5 Å². The molecule has 0 aliphatic carbocycles. The molecule has 4 rings (SSSR count). The van der Waals surface area contributed by atoms with Gasteiger partial charge in [-0.2, -0.15) is 15.0 Å². The van der Waals surface area contributed by atoms with Crippen LogP contribution in [-0.2, 0) is 4.74 Å². The maximum absolute atomic E-state index is 5.45. The number of hydrogen-bond donors (Lipinski definition) is 2. The summed E-state index contributed by atoms with van der Waals surface area (Å²) in [4.78, 5) is 15.8. The molecule has 2 aromatic carbocycles. The molecule has 156 valence electrons. The molecule has 9 nitrogen and oxygen atoms in total. The minimum Gasteiger partial charge on any atom is -0.497 e. The molecule has 1 fully saturated rings. The number of rotatable bonds is 7. The standard InChI is InChI=1S/C21H24N6O3/c1-28-17-7-3-15(4-8-17)22-19-24-20(23-16-5-9-18(29-2)10-6-16)26-21(25-19)27-11-13-30-14-12-27/h3-10H,11-14H2,1-2H3,(H2,22,23,24,25,26). The summed E-state index contributed by atoms with van der Waals surface area (Å²) in [6, 6.07) is 15.2. The maximum Gasteiger partial charge on any atom is 0.233 e. The monoisotopic (exact) mass is 408 g/mol. The van der Waals surface area contributed by atoms with Crippen molar-refractivity contribution in [3.63, 3.8) is 0 Å². The van der Waals surface area contributed by atoms with Crippen LogP contribution in [0.2, 0.25) is 0 Å². The van der Waals surface area contributed by atoms with E-state index in [9.17, 15) is 0 Å². The highest BCUT2D eigenvalue weighted by Crippen LogP contribution is 2.23. The molecule has 3 aromatic rings. The fourth-order valence-electron chi connectivity index (χ4n) is 2.99. The molecule has 0 unspecified atom stereocenters. The van der Waals surface area contributed by atoms with Gasteiger partial charge in [0.1, 0.15) is 11.5 Å². The molecule has 0 amide bonds. The highest BCUT2D eigenvalue weighted by atomic mass is 16.5. The summed E-state index contributed by atoms with van der Waals surface area (Å²) in [5.74, 6) is 3.07. The molecule has 1 aliphatic rings. The molecule has 2 N–H and O–H groups in total. The van der Waals surface area contributed by atoms with Crippen LogP contribution in [0.25, 0.3) is 0 Å².